The monoisotopic (exact) mass is 290 g/mol. The summed E-state index contributed by atoms with van der Waals surface area (Å²) in [5.74, 6) is -0.802. The van der Waals surface area contributed by atoms with Gasteiger partial charge in [-0.15, -0.1) is 0 Å². The number of likely N-dealkylation sites (N-methyl/N-ethyl adjacent to an activating group) is 1. The summed E-state index contributed by atoms with van der Waals surface area (Å²) in [4.78, 5) is 14.4. The van der Waals surface area contributed by atoms with E-state index in [9.17, 15) is 9.90 Å². The minimum atomic E-state index is -0.998. The number of carbonyl (C=O) groups is 1. The summed E-state index contributed by atoms with van der Waals surface area (Å²) in [6, 6.07) is 10.2. The number of nitrogens with zero attached hydrogens (tertiary/aromatic N) is 1. The molecule has 1 aliphatic carbocycles. The number of benzene rings is 1. The lowest BCUT2D eigenvalue weighted by atomic mass is 9.86. The number of rotatable bonds is 9. The van der Waals surface area contributed by atoms with Gasteiger partial charge in [-0.25, -0.2) is 4.79 Å². The van der Waals surface area contributed by atoms with Crippen molar-refractivity contribution in [3.63, 3.8) is 0 Å². The molecule has 116 valence electrons. The van der Waals surface area contributed by atoms with Crippen molar-refractivity contribution in [2.75, 3.05) is 20.1 Å². The molecular formula is C17H26N2O2. The minimum Gasteiger partial charge on any atom is -0.480 e. The second kappa shape index (κ2) is 7.05. The summed E-state index contributed by atoms with van der Waals surface area (Å²) in [7, 11) is 1.74. The molecule has 4 heteroatoms. The van der Waals surface area contributed by atoms with E-state index in [-0.39, 0.29) is 0 Å². The van der Waals surface area contributed by atoms with Crippen LogP contribution in [0.3, 0.4) is 0 Å². The number of carboxylic acid groups (broad SMARTS) is 1. The lowest BCUT2D eigenvalue weighted by Crippen LogP contribution is -2.49. The smallest absolute Gasteiger partial charge is 0.328 e. The predicted octanol–water partition coefficient (Wildman–Crippen LogP) is 2.45. The standard InChI is InChI=1S/C17H26N2O2/c1-3-12-19(15-9-10-15)13-11-17(18-2,16(20)21)14-7-5-4-6-8-14/h4-8,15,18H,3,9-13H2,1-2H3,(H,20,21). The highest BCUT2D eigenvalue weighted by molar-refractivity contribution is 5.80. The van der Waals surface area contributed by atoms with E-state index >= 15 is 0 Å². The Labute approximate surface area is 127 Å². The molecule has 0 aromatic heterocycles. The molecule has 0 radical (unpaired) electrons. The lowest BCUT2D eigenvalue weighted by molar-refractivity contribution is -0.145. The molecule has 1 aromatic carbocycles. The Kier molecular flexibility index (Phi) is 5.37. The van der Waals surface area contributed by atoms with Crippen molar-refractivity contribution in [2.45, 2.75) is 44.2 Å². The summed E-state index contributed by atoms with van der Waals surface area (Å²) >= 11 is 0. The Morgan fingerprint density at radius 3 is 2.48 bits per heavy atom. The number of aliphatic carboxylic acids is 1. The predicted molar refractivity (Wildman–Crippen MR) is 84.3 cm³/mol. The van der Waals surface area contributed by atoms with Crippen LogP contribution in [0.15, 0.2) is 30.3 Å². The summed E-state index contributed by atoms with van der Waals surface area (Å²) < 4.78 is 0. The highest BCUT2D eigenvalue weighted by atomic mass is 16.4. The number of nitrogens with one attached hydrogen (secondary N) is 1. The van der Waals surface area contributed by atoms with Gasteiger partial charge in [-0.05, 0) is 44.8 Å². The highest BCUT2D eigenvalue weighted by Crippen LogP contribution is 2.30. The highest BCUT2D eigenvalue weighted by Gasteiger charge is 2.40. The van der Waals surface area contributed by atoms with Gasteiger partial charge in [0.25, 0.3) is 0 Å². The van der Waals surface area contributed by atoms with Gasteiger partial charge in [-0.3, -0.25) is 0 Å². The van der Waals surface area contributed by atoms with Gasteiger partial charge in [0.15, 0.2) is 0 Å². The van der Waals surface area contributed by atoms with E-state index in [4.69, 9.17) is 0 Å². The molecule has 21 heavy (non-hydrogen) atoms. The number of hydrogen-bond acceptors (Lipinski definition) is 3. The average Bonchev–Trinajstić information content (AvgIpc) is 3.32. The topological polar surface area (TPSA) is 52.6 Å². The third-order valence-corrected chi connectivity index (χ3v) is 4.41. The van der Waals surface area contributed by atoms with Crippen LogP contribution < -0.4 is 5.32 Å². The maximum atomic E-state index is 11.9. The molecule has 1 atom stereocenters. The van der Waals surface area contributed by atoms with Gasteiger partial charge in [-0.1, -0.05) is 37.3 Å². The van der Waals surface area contributed by atoms with Gasteiger partial charge >= 0.3 is 5.97 Å². The zero-order valence-corrected chi connectivity index (χ0v) is 13.0. The van der Waals surface area contributed by atoms with Crippen molar-refractivity contribution in [3.05, 3.63) is 35.9 Å². The second-order valence-corrected chi connectivity index (χ2v) is 5.84. The lowest BCUT2D eigenvalue weighted by Gasteiger charge is -2.32. The molecule has 0 amide bonds. The Bertz CT molecular complexity index is 459. The molecule has 4 nitrogen and oxygen atoms in total. The van der Waals surface area contributed by atoms with Crippen LogP contribution in [0.4, 0.5) is 0 Å². The van der Waals surface area contributed by atoms with Gasteiger partial charge in [0.1, 0.15) is 5.54 Å². The van der Waals surface area contributed by atoms with E-state index in [2.05, 4.69) is 17.1 Å². The molecule has 1 aromatic rings. The molecular weight excluding hydrogens is 264 g/mol. The molecule has 0 heterocycles. The fourth-order valence-electron chi connectivity index (χ4n) is 2.99. The minimum absolute atomic E-state index is 0.583. The summed E-state index contributed by atoms with van der Waals surface area (Å²) in [6.45, 7) is 4.05. The third-order valence-electron chi connectivity index (χ3n) is 4.41. The van der Waals surface area contributed by atoms with E-state index < -0.39 is 11.5 Å². The first-order chi connectivity index (χ1) is 10.1. The Hall–Kier alpha value is -1.39. The van der Waals surface area contributed by atoms with Crippen molar-refractivity contribution < 1.29 is 9.90 Å². The van der Waals surface area contributed by atoms with Crippen molar-refractivity contribution in [1.29, 1.82) is 0 Å². The van der Waals surface area contributed by atoms with Crippen molar-refractivity contribution >= 4 is 5.97 Å². The van der Waals surface area contributed by atoms with E-state index in [0.29, 0.717) is 12.5 Å². The number of hydrogen-bond donors (Lipinski definition) is 2. The van der Waals surface area contributed by atoms with E-state index in [1.807, 2.05) is 30.3 Å². The average molecular weight is 290 g/mol. The molecule has 0 aliphatic heterocycles. The maximum Gasteiger partial charge on any atom is 0.328 e. The fourth-order valence-corrected chi connectivity index (χ4v) is 2.99. The first-order valence-electron chi connectivity index (χ1n) is 7.86. The second-order valence-electron chi connectivity index (χ2n) is 5.84. The van der Waals surface area contributed by atoms with Gasteiger partial charge in [-0.2, -0.15) is 0 Å². The van der Waals surface area contributed by atoms with Crippen molar-refractivity contribution in [2.24, 2.45) is 0 Å². The third kappa shape index (κ3) is 3.63. The molecule has 2 N–H and O–H groups in total. The summed E-state index contributed by atoms with van der Waals surface area (Å²) in [5, 5.41) is 12.9. The van der Waals surface area contributed by atoms with Crippen LogP contribution >= 0.6 is 0 Å². The SMILES string of the molecule is CCCN(CCC(NC)(C(=O)O)c1ccccc1)C1CC1. The van der Waals surface area contributed by atoms with Gasteiger partial charge in [0.05, 0.1) is 0 Å². The largest absolute Gasteiger partial charge is 0.480 e. The van der Waals surface area contributed by atoms with Crippen LogP contribution in [0.1, 0.15) is 38.2 Å². The molecule has 1 saturated carbocycles. The van der Waals surface area contributed by atoms with E-state index in [0.717, 1.165) is 25.1 Å². The van der Waals surface area contributed by atoms with Crippen LogP contribution in [0.2, 0.25) is 0 Å². The molecule has 1 unspecified atom stereocenters. The summed E-state index contributed by atoms with van der Waals surface area (Å²) in [5.41, 5.74) is -0.172. The normalized spacial score (nSPS) is 17.7. The Morgan fingerprint density at radius 2 is 2.00 bits per heavy atom. The first kappa shape index (κ1) is 16.0. The van der Waals surface area contributed by atoms with Crippen LogP contribution in [0, 0.1) is 0 Å². The van der Waals surface area contributed by atoms with Gasteiger partial charge < -0.3 is 15.3 Å². The van der Waals surface area contributed by atoms with Gasteiger partial charge in [0.2, 0.25) is 0 Å². The quantitative estimate of drug-likeness (QED) is 0.733. The fraction of sp³-hybridized carbons (Fsp3) is 0.588. The molecule has 2 rings (SSSR count). The Morgan fingerprint density at radius 1 is 1.33 bits per heavy atom. The Balaban J connectivity index is 2.14. The van der Waals surface area contributed by atoms with E-state index in [1.165, 1.54) is 12.8 Å². The van der Waals surface area contributed by atoms with E-state index in [1.54, 1.807) is 7.05 Å². The van der Waals surface area contributed by atoms with Crippen LogP contribution in [0.25, 0.3) is 0 Å². The maximum absolute atomic E-state index is 11.9. The molecule has 0 saturated heterocycles. The van der Waals surface area contributed by atoms with Crippen LogP contribution in [0.5, 0.6) is 0 Å². The zero-order chi connectivity index (χ0) is 15.3. The van der Waals surface area contributed by atoms with Crippen molar-refractivity contribution in [1.82, 2.24) is 10.2 Å². The van der Waals surface area contributed by atoms with Crippen LogP contribution in [-0.2, 0) is 10.3 Å². The summed E-state index contributed by atoms with van der Waals surface area (Å²) in [6.07, 6.45) is 4.21. The van der Waals surface area contributed by atoms with Crippen LogP contribution in [-0.4, -0.2) is 42.2 Å². The molecule has 1 fully saturated rings. The molecule has 0 bridgehead atoms. The molecule has 1 aliphatic rings. The van der Waals surface area contributed by atoms with Gasteiger partial charge in [0, 0.05) is 12.6 Å². The number of carboxylic acids is 1. The zero-order valence-electron chi connectivity index (χ0n) is 13.0. The first-order valence-corrected chi connectivity index (χ1v) is 7.86. The molecule has 0 spiro atoms. The van der Waals surface area contributed by atoms with Crippen molar-refractivity contribution in [3.8, 4) is 0 Å².